The minimum absolute atomic E-state index is 0.321. The van der Waals surface area contributed by atoms with E-state index in [1.54, 1.807) is 13.8 Å². The fraction of sp³-hybridized carbons (Fsp3) is 0.833. The van der Waals surface area contributed by atoms with Crippen molar-refractivity contribution in [3.8, 4) is 0 Å². The number of carbonyl (C=O) groups excluding carboxylic acids is 2. The number of amides is 1. The van der Waals surface area contributed by atoms with E-state index in [1.165, 1.54) is 0 Å². The highest BCUT2D eigenvalue weighted by molar-refractivity contribution is 5.82. The van der Waals surface area contributed by atoms with Gasteiger partial charge in [0.05, 0.1) is 6.04 Å². The van der Waals surface area contributed by atoms with E-state index >= 15 is 0 Å². The van der Waals surface area contributed by atoms with Gasteiger partial charge in [-0.05, 0) is 13.8 Å². The van der Waals surface area contributed by atoms with Crippen LogP contribution in [0.1, 0.15) is 20.8 Å². The summed E-state index contributed by atoms with van der Waals surface area (Å²) in [5.74, 6) is -3.80. The first kappa shape index (κ1) is 17.0. The van der Waals surface area contributed by atoms with Crippen LogP contribution in [-0.2, 0) is 28.5 Å². The third-order valence-electron chi connectivity index (χ3n) is 3.16. The Hall–Kier alpha value is -1.39. The number of esters is 1. The zero-order chi connectivity index (χ0) is 16.7. The number of halogens is 3. The number of ether oxygens (including phenoxy) is 4. The molecule has 0 saturated carbocycles. The van der Waals surface area contributed by atoms with Gasteiger partial charge in [-0.2, -0.15) is 13.2 Å². The summed E-state index contributed by atoms with van der Waals surface area (Å²) in [4.78, 5) is 22.0. The van der Waals surface area contributed by atoms with Crippen LogP contribution >= 0.6 is 0 Å². The largest absolute Gasteiger partial charge is 0.471 e. The molecule has 126 valence electrons. The average Bonchev–Trinajstić information content (AvgIpc) is 2.79. The summed E-state index contributed by atoms with van der Waals surface area (Å²) in [7, 11) is 0. The summed E-state index contributed by atoms with van der Waals surface area (Å²) in [5.41, 5.74) is 0. The standard InChI is InChI=1S/C12H16F3NO6/c1-5(17)19-4-6-7(16-10(18)12(13,14)15)8-9(20-6)22-11(2,3)21-8/h6-9H,4H2,1-3H3,(H,16,18). The molecule has 22 heavy (non-hydrogen) atoms. The van der Waals surface area contributed by atoms with Gasteiger partial charge in [0.15, 0.2) is 12.1 Å². The molecule has 10 heteroatoms. The molecule has 2 saturated heterocycles. The van der Waals surface area contributed by atoms with E-state index in [2.05, 4.69) is 0 Å². The Kier molecular flexibility index (Phi) is 4.37. The third kappa shape index (κ3) is 3.68. The monoisotopic (exact) mass is 327 g/mol. The maximum absolute atomic E-state index is 12.4. The molecule has 4 unspecified atom stereocenters. The summed E-state index contributed by atoms with van der Waals surface area (Å²) < 4.78 is 58.3. The molecule has 0 aromatic rings. The van der Waals surface area contributed by atoms with Crippen molar-refractivity contribution in [2.75, 3.05) is 6.61 Å². The molecule has 4 atom stereocenters. The second kappa shape index (κ2) is 5.67. The first-order valence-corrected chi connectivity index (χ1v) is 6.52. The molecule has 0 aromatic heterocycles. The van der Waals surface area contributed by atoms with Gasteiger partial charge in [0.2, 0.25) is 0 Å². The number of alkyl halides is 3. The van der Waals surface area contributed by atoms with E-state index in [9.17, 15) is 22.8 Å². The van der Waals surface area contributed by atoms with Crippen LogP contribution in [0.5, 0.6) is 0 Å². The fourth-order valence-electron chi connectivity index (χ4n) is 2.32. The van der Waals surface area contributed by atoms with Crippen molar-refractivity contribution in [1.29, 1.82) is 0 Å². The van der Waals surface area contributed by atoms with Gasteiger partial charge in [-0.25, -0.2) is 0 Å². The molecule has 2 fully saturated rings. The first-order valence-electron chi connectivity index (χ1n) is 6.52. The van der Waals surface area contributed by atoms with Crippen LogP contribution in [0.15, 0.2) is 0 Å². The normalized spacial score (nSPS) is 33.4. The Morgan fingerprint density at radius 2 is 1.91 bits per heavy atom. The lowest BCUT2D eigenvalue weighted by molar-refractivity contribution is -0.213. The molecule has 0 aliphatic carbocycles. The second-order valence-corrected chi connectivity index (χ2v) is 5.44. The van der Waals surface area contributed by atoms with Crippen molar-refractivity contribution in [3.63, 3.8) is 0 Å². The predicted molar refractivity (Wildman–Crippen MR) is 63.3 cm³/mol. The molecule has 0 spiro atoms. The van der Waals surface area contributed by atoms with Gasteiger partial charge < -0.3 is 24.3 Å². The molecule has 2 rings (SSSR count). The molecule has 0 bridgehead atoms. The highest BCUT2D eigenvalue weighted by atomic mass is 19.4. The predicted octanol–water partition coefficient (Wildman–Crippen LogP) is 0.473. The molecule has 0 aromatic carbocycles. The second-order valence-electron chi connectivity index (χ2n) is 5.44. The molecule has 7 nitrogen and oxygen atoms in total. The molecule has 1 N–H and O–H groups in total. The Morgan fingerprint density at radius 3 is 2.45 bits per heavy atom. The quantitative estimate of drug-likeness (QED) is 0.759. The van der Waals surface area contributed by atoms with Crippen LogP contribution in [-0.4, -0.2) is 55.0 Å². The third-order valence-corrected chi connectivity index (χ3v) is 3.16. The summed E-state index contributed by atoms with van der Waals surface area (Å²) >= 11 is 0. The van der Waals surface area contributed by atoms with Gasteiger partial charge in [-0.1, -0.05) is 0 Å². The number of nitrogens with one attached hydrogen (secondary N) is 1. The van der Waals surface area contributed by atoms with Crippen molar-refractivity contribution in [3.05, 3.63) is 0 Å². The van der Waals surface area contributed by atoms with E-state index in [0.717, 1.165) is 6.92 Å². The van der Waals surface area contributed by atoms with E-state index in [4.69, 9.17) is 18.9 Å². The van der Waals surface area contributed by atoms with Crippen LogP contribution in [0.2, 0.25) is 0 Å². The molecule has 2 heterocycles. The van der Waals surface area contributed by atoms with Gasteiger partial charge in [0.1, 0.15) is 18.8 Å². The molecular weight excluding hydrogens is 311 g/mol. The summed E-state index contributed by atoms with van der Waals surface area (Å²) in [6, 6.07) is -1.15. The topological polar surface area (TPSA) is 83.1 Å². The van der Waals surface area contributed by atoms with Crippen LogP contribution < -0.4 is 5.32 Å². The van der Waals surface area contributed by atoms with Crippen molar-refractivity contribution in [1.82, 2.24) is 5.32 Å². The van der Waals surface area contributed by atoms with Crippen LogP contribution in [0.25, 0.3) is 0 Å². The zero-order valence-corrected chi connectivity index (χ0v) is 12.1. The lowest BCUT2D eigenvalue weighted by Gasteiger charge is -2.26. The Labute approximate surface area is 124 Å². The fourth-order valence-corrected chi connectivity index (χ4v) is 2.32. The van der Waals surface area contributed by atoms with Gasteiger partial charge in [-0.3, -0.25) is 9.59 Å². The van der Waals surface area contributed by atoms with Crippen molar-refractivity contribution < 1.29 is 41.7 Å². The van der Waals surface area contributed by atoms with Crippen LogP contribution in [0, 0.1) is 0 Å². The average molecular weight is 327 g/mol. The summed E-state index contributed by atoms with van der Waals surface area (Å²) in [6.07, 6.45) is -7.92. The van der Waals surface area contributed by atoms with Crippen LogP contribution in [0.4, 0.5) is 13.2 Å². The molecular formula is C12H16F3NO6. The summed E-state index contributed by atoms with van der Waals surface area (Å²) in [6.45, 7) is 3.96. The van der Waals surface area contributed by atoms with E-state index in [-0.39, 0.29) is 6.61 Å². The zero-order valence-electron chi connectivity index (χ0n) is 12.1. The lowest BCUT2D eigenvalue weighted by Crippen LogP contribution is -2.53. The smallest absolute Gasteiger partial charge is 0.463 e. The van der Waals surface area contributed by atoms with Crippen molar-refractivity contribution in [2.24, 2.45) is 0 Å². The van der Waals surface area contributed by atoms with Crippen LogP contribution in [0.3, 0.4) is 0 Å². The number of carbonyl (C=O) groups is 2. The number of rotatable bonds is 3. The van der Waals surface area contributed by atoms with E-state index in [1.807, 2.05) is 5.32 Å². The van der Waals surface area contributed by atoms with Crippen molar-refractivity contribution >= 4 is 11.9 Å². The number of hydrogen-bond donors (Lipinski definition) is 1. The highest BCUT2D eigenvalue weighted by Gasteiger charge is 2.56. The maximum Gasteiger partial charge on any atom is 0.471 e. The van der Waals surface area contributed by atoms with E-state index in [0.29, 0.717) is 0 Å². The van der Waals surface area contributed by atoms with E-state index < -0.39 is 48.4 Å². The summed E-state index contributed by atoms with van der Waals surface area (Å²) in [5, 5.41) is 1.82. The number of hydrogen-bond acceptors (Lipinski definition) is 6. The molecule has 0 radical (unpaired) electrons. The minimum Gasteiger partial charge on any atom is -0.463 e. The Bertz CT molecular complexity index is 466. The Balaban J connectivity index is 2.11. The number of fused-ring (bicyclic) bond motifs is 1. The Morgan fingerprint density at radius 1 is 1.27 bits per heavy atom. The highest BCUT2D eigenvalue weighted by Crippen LogP contribution is 2.37. The van der Waals surface area contributed by atoms with Crippen molar-refractivity contribution in [2.45, 2.75) is 57.3 Å². The SMILES string of the molecule is CC(=O)OCC1OC2OC(C)(C)OC2C1NC(=O)C(F)(F)F. The van der Waals surface area contributed by atoms with Gasteiger partial charge in [0, 0.05) is 6.92 Å². The first-order chi connectivity index (χ1) is 9.99. The van der Waals surface area contributed by atoms with Gasteiger partial charge >= 0.3 is 18.1 Å². The molecule has 2 aliphatic heterocycles. The lowest BCUT2D eigenvalue weighted by atomic mass is 10.1. The molecule has 1 amide bonds. The maximum atomic E-state index is 12.4. The van der Waals surface area contributed by atoms with Gasteiger partial charge in [0.25, 0.3) is 0 Å². The van der Waals surface area contributed by atoms with Gasteiger partial charge in [-0.15, -0.1) is 0 Å². The minimum atomic E-state index is -5.04. The molecule has 2 aliphatic rings.